The Morgan fingerprint density at radius 3 is 2.32 bits per heavy atom. The lowest BCUT2D eigenvalue weighted by Gasteiger charge is -2.13. The van der Waals surface area contributed by atoms with Crippen molar-refractivity contribution in [2.45, 2.75) is 0 Å². The van der Waals surface area contributed by atoms with E-state index in [1.54, 1.807) is 60.7 Å². The molecule has 34 heavy (non-hydrogen) atoms. The van der Waals surface area contributed by atoms with E-state index in [0.717, 1.165) is 0 Å². The van der Waals surface area contributed by atoms with Gasteiger partial charge in [0.1, 0.15) is 11.1 Å². The molecule has 0 saturated heterocycles. The highest BCUT2D eigenvalue weighted by Gasteiger charge is 2.21. The first-order valence-corrected chi connectivity index (χ1v) is 10.9. The number of nitro benzene ring substituents is 1. The first-order chi connectivity index (χ1) is 16.3. The molecule has 0 radical (unpaired) electrons. The Morgan fingerprint density at radius 2 is 1.62 bits per heavy atom. The Bertz CT molecular complexity index is 1640. The van der Waals surface area contributed by atoms with Gasteiger partial charge in [0.2, 0.25) is 0 Å². The fourth-order valence-electron chi connectivity index (χ4n) is 3.58. The molecule has 2 heterocycles. The maximum Gasteiger partial charge on any atom is 0.294 e. The minimum Gasteiger partial charge on any atom is -0.268 e. The molecule has 0 amide bonds. The molecular formula is C23H12Cl3N5O3. The molecular weight excluding hydrogens is 501 g/mol. The third-order valence-electron chi connectivity index (χ3n) is 5.13. The van der Waals surface area contributed by atoms with Gasteiger partial charge in [-0.05, 0) is 48.5 Å². The van der Waals surface area contributed by atoms with Gasteiger partial charge in [0.15, 0.2) is 11.5 Å². The number of nitrogens with zero attached hydrogens (tertiary/aromatic N) is 5. The van der Waals surface area contributed by atoms with Crippen LogP contribution in [-0.2, 0) is 0 Å². The van der Waals surface area contributed by atoms with Crippen LogP contribution >= 0.6 is 34.8 Å². The normalized spacial score (nSPS) is 11.1. The number of halogens is 3. The number of hydrogen-bond donors (Lipinski definition) is 0. The molecule has 5 rings (SSSR count). The van der Waals surface area contributed by atoms with Crippen LogP contribution in [0.5, 0.6) is 0 Å². The standard InChI is InChI=1S/C23H12Cl3N5O3/c24-13-5-8-15(9-6-13)30-22(16-10-7-14(25)11-18(16)26)27-21-17(23(30)32)12-29(28-21)19-3-1-2-4-20(19)31(33)34/h1-12H. The maximum atomic E-state index is 13.7. The van der Waals surface area contributed by atoms with E-state index in [1.165, 1.54) is 21.5 Å². The molecule has 0 aliphatic heterocycles. The molecule has 0 atom stereocenters. The fourth-order valence-corrected chi connectivity index (χ4v) is 4.20. The van der Waals surface area contributed by atoms with Crippen LogP contribution in [0.25, 0.3) is 33.8 Å². The monoisotopic (exact) mass is 511 g/mol. The number of rotatable bonds is 4. The van der Waals surface area contributed by atoms with Crippen molar-refractivity contribution in [1.82, 2.24) is 19.3 Å². The molecule has 8 nitrogen and oxygen atoms in total. The minimum absolute atomic E-state index is 0.106. The average molecular weight is 513 g/mol. The van der Waals surface area contributed by atoms with Gasteiger partial charge in [-0.2, -0.15) is 0 Å². The third-order valence-corrected chi connectivity index (χ3v) is 5.93. The number of aromatic nitrogens is 4. The number of benzene rings is 3. The van der Waals surface area contributed by atoms with Crippen molar-refractivity contribution in [3.8, 4) is 22.8 Å². The fraction of sp³-hybridized carbons (Fsp3) is 0. The van der Waals surface area contributed by atoms with Crippen molar-refractivity contribution in [3.05, 3.63) is 108 Å². The van der Waals surface area contributed by atoms with Crippen LogP contribution in [0.2, 0.25) is 15.1 Å². The SMILES string of the molecule is O=c1c2cn(-c3ccccc3[N+](=O)[O-])nc2nc(-c2ccc(Cl)cc2Cl)n1-c1ccc(Cl)cc1. The highest BCUT2D eigenvalue weighted by atomic mass is 35.5. The van der Waals surface area contributed by atoms with Gasteiger partial charge in [0.05, 0.1) is 15.6 Å². The summed E-state index contributed by atoms with van der Waals surface area (Å²) in [5.74, 6) is 0.231. The Hall–Kier alpha value is -3.72. The summed E-state index contributed by atoms with van der Waals surface area (Å²) in [7, 11) is 0. The third kappa shape index (κ3) is 3.81. The molecule has 0 spiro atoms. The molecule has 0 N–H and O–H groups in total. The van der Waals surface area contributed by atoms with Gasteiger partial charge in [-0.25, -0.2) is 9.67 Å². The Morgan fingerprint density at radius 1 is 0.912 bits per heavy atom. The van der Waals surface area contributed by atoms with Crippen LogP contribution in [-0.4, -0.2) is 24.3 Å². The van der Waals surface area contributed by atoms with Crippen molar-refractivity contribution >= 4 is 51.5 Å². The van der Waals surface area contributed by atoms with Crippen LogP contribution in [0, 0.1) is 10.1 Å². The lowest BCUT2D eigenvalue weighted by molar-refractivity contribution is -0.384. The molecule has 0 saturated carbocycles. The van der Waals surface area contributed by atoms with Gasteiger partial charge in [0.25, 0.3) is 11.2 Å². The summed E-state index contributed by atoms with van der Waals surface area (Å²) in [5.41, 5.74) is 0.680. The first kappa shape index (κ1) is 22.1. The van der Waals surface area contributed by atoms with E-state index in [1.807, 2.05) is 0 Å². The van der Waals surface area contributed by atoms with Gasteiger partial charge < -0.3 is 0 Å². The average Bonchev–Trinajstić information content (AvgIpc) is 3.24. The molecule has 0 unspecified atom stereocenters. The van der Waals surface area contributed by atoms with Crippen molar-refractivity contribution in [1.29, 1.82) is 0 Å². The molecule has 0 aliphatic rings. The van der Waals surface area contributed by atoms with Crippen LogP contribution in [0.4, 0.5) is 5.69 Å². The summed E-state index contributed by atoms with van der Waals surface area (Å²) in [6.45, 7) is 0. The van der Waals surface area contributed by atoms with E-state index in [4.69, 9.17) is 34.8 Å². The van der Waals surface area contributed by atoms with Gasteiger partial charge >= 0.3 is 0 Å². The van der Waals surface area contributed by atoms with E-state index < -0.39 is 10.5 Å². The lowest BCUT2D eigenvalue weighted by Crippen LogP contribution is -2.21. The molecule has 11 heteroatoms. The number of hydrogen-bond acceptors (Lipinski definition) is 5. The van der Waals surface area contributed by atoms with E-state index >= 15 is 0 Å². The molecule has 5 aromatic rings. The zero-order chi connectivity index (χ0) is 24.0. The van der Waals surface area contributed by atoms with Crippen LogP contribution in [0.3, 0.4) is 0 Å². The van der Waals surface area contributed by atoms with Gasteiger partial charge in [-0.15, -0.1) is 5.10 Å². The Balaban J connectivity index is 1.83. The topological polar surface area (TPSA) is 95.8 Å². The van der Waals surface area contributed by atoms with Gasteiger partial charge in [-0.3, -0.25) is 19.5 Å². The molecule has 0 aliphatic carbocycles. The molecule has 3 aromatic carbocycles. The predicted octanol–water partition coefficient (Wildman–Crippen LogP) is 6.11. The summed E-state index contributed by atoms with van der Waals surface area (Å²) in [6, 6.07) is 17.6. The van der Waals surface area contributed by atoms with Gasteiger partial charge in [-0.1, -0.05) is 46.9 Å². The second kappa shape index (κ2) is 8.57. The summed E-state index contributed by atoms with van der Waals surface area (Å²) in [5, 5.41) is 17.2. The summed E-state index contributed by atoms with van der Waals surface area (Å²) in [6.07, 6.45) is 1.42. The zero-order valence-electron chi connectivity index (χ0n) is 17.0. The zero-order valence-corrected chi connectivity index (χ0v) is 19.3. The number of para-hydroxylation sites is 2. The van der Waals surface area contributed by atoms with Crippen LogP contribution in [0.1, 0.15) is 0 Å². The molecule has 0 bridgehead atoms. The predicted molar refractivity (Wildman–Crippen MR) is 132 cm³/mol. The van der Waals surface area contributed by atoms with E-state index in [2.05, 4.69) is 10.1 Å². The van der Waals surface area contributed by atoms with Crippen molar-refractivity contribution in [3.63, 3.8) is 0 Å². The quantitative estimate of drug-likeness (QED) is 0.214. The highest BCUT2D eigenvalue weighted by molar-refractivity contribution is 6.36. The van der Waals surface area contributed by atoms with Crippen LogP contribution < -0.4 is 5.56 Å². The highest BCUT2D eigenvalue weighted by Crippen LogP contribution is 2.31. The second-order valence-electron chi connectivity index (χ2n) is 7.23. The summed E-state index contributed by atoms with van der Waals surface area (Å²) in [4.78, 5) is 29.3. The Kier molecular flexibility index (Phi) is 5.57. The largest absolute Gasteiger partial charge is 0.294 e. The molecule has 168 valence electrons. The van der Waals surface area contributed by atoms with Crippen LogP contribution in [0.15, 0.2) is 77.7 Å². The van der Waals surface area contributed by atoms with E-state index in [9.17, 15) is 14.9 Å². The molecule has 2 aromatic heterocycles. The smallest absolute Gasteiger partial charge is 0.268 e. The Labute approximate surface area is 206 Å². The molecule has 0 fully saturated rings. The number of fused-ring (bicyclic) bond motifs is 1. The van der Waals surface area contributed by atoms with Crippen molar-refractivity contribution in [2.24, 2.45) is 0 Å². The van der Waals surface area contributed by atoms with E-state index in [-0.39, 0.29) is 28.2 Å². The lowest BCUT2D eigenvalue weighted by atomic mass is 10.2. The van der Waals surface area contributed by atoms with Crippen molar-refractivity contribution in [2.75, 3.05) is 0 Å². The summed E-state index contributed by atoms with van der Waals surface area (Å²) < 4.78 is 2.66. The number of nitro groups is 1. The first-order valence-electron chi connectivity index (χ1n) is 9.81. The van der Waals surface area contributed by atoms with E-state index in [0.29, 0.717) is 26.3 Å². The van der Waals surface area contributed by atoms with Gasteiger partial charge in [0, 0.05) is 27.9 Å². The van der Waals surface area contributed by atoms with Crippen molar-refractivity contribution < 1.29 is 4.92 Å². The summed E-state index contributed by atoms with van der Waals surface area (Å²) >= 11 is 18.5. The second-order valence-corrected chi connectivity index (χ2v) is 8.51. The minimum atomic E-state index is -0.514. The maximum absolute atomic E-state index is 13.7.